The Morgan fingerprint density at radius 2 is 1.84 bits per heavy atom. The first-order chi connectivity index (χ1) is 15.3. The Balaban J connectivity index is 1.37. The molecule has 2 aromatic heterocycles. The van der Waals surface area contributed by atoms with E-state index in [0.717, 1.165) is 11.1 Å². The topological polar surface area (TPSA) is 76.4 Å². The smallest absolute Gasteiger partial charge is 0.410 e. The number of hydrogen-bond acceptors (Lipinski definition) is 5. The monoisotopic (exact) mass is 433 g/mol. The summed E-state index contributed by atoms with van der Waals surface area (Å²) in [6, 6.07) is 13.8. The number of fused-ring (bicyclic) bond motifs is 1. The molecule has 5 rings (SSSR count). The molecule has 1 spiro atoms. The molecule has 2 aliphatic heterocycles. The normalized spacial score (nSPS) is 19.8. The predicted molar refractivity (Wildman–Crippen MR) is 120 cm³/mol. The number of hydrogen-bond donors (Lipinski definition) is 0. The quantitative estimate of drug-likeness (QED) is 0.566. The molecule has 1 atom stereocenters. The van der Waals surface area contributed by atoms with Crippen molar-refractivity contribution in [2.24, 2.45) is 0 Å². The Bertz CT molecular complexity index is 1220. The highest BCUT2D eigenvalue weighted by atomic mass is 16.6. The summed E-state index contributed by atoms with van der Waals surface area (Å²) in [5.74, 6) is 0. The van der Waals surface area contributed by atoms with Crippen LogP contribution in [0.4, 0.5) is 4.79 Å². The van der Waals surface area contributed by atoms with Crippen LogP contribution >= 0.6 is 0 Å². The van der Waals surface area contributed by atoms with Gasteiger partial charge in [0.25, 0.3) is 5.56 Å². The first-order valence-electron chi connectivity index (χ1n) is 11.0. The van der Waals surface area contributed by atoms with E-state index in [2.05, 4.69) is 4.98 Å². The minimum absolute atomic E-state index is 0.107. The minimum Gasteiger partial charge on any atom is -0.444 e. The van der Waals surface area contributed by atoms with E-state index in [9.17, 15) is 9.59 Å². The lowest BCUT2D eigenvalue weighted by Gasteiger charge is -2.32. The van der Waals surface area contributed by atoms with Crippen LogP contribution in [0.5, 0.6) is 0 Å². The third-order valence-corrected chi connectivity index (χ3v) is 6.16. The molecule has 7 heteroatoms. The molecule has 0 saturated carbocycles. The molecule has 1 aromatic carbocycles. The number of epoxide rings is 1. The number of piperidine rings is 1. The van der Waals surface area contributed by atoms with Gasteiger partial charge in [0.05, 0.1) is 5.56 Å². The molecule has 166 valence electrons. The number of benzene rings is 1. The number of ether oxygens (including phenoxy) is 2. The predicted octanol–water partition coefficient (Wildman–Crippen LogP) is 4.20. The van der Waals surface area contributed by atoms with Gasteiger partial charge < -0.3 is 14.4 Å². The Kier molecular flexibility index (Phi) is 4.82. The number of aromatic nitrogens is 2. The zero-order chi connectivity index (χ0) is 22.5. The second-order valence-electron chi connectivity index (χ2n) is 9.53. The summed E-state index contributed by atoms with van der Waals surface area (Å²) in [5, 5.41) is 0. The molecule has 0 radical (unpaired) electrons. The van der Waals surface area contributed by atoms with Gasteiger partial charge >= 0.3 is 6.09 Å². The number of likely N-dealkylation sites (tertiary alicyclic amines) is 1. The van der Waals surface area contributed by atoms with Gasteiger partial charge in [0.1, 0.15) is 23.0 Å². The van der Waals surface area contributed by atoms with Crippen LogP contribution < -0.4 is 5.56 Å². The summed E-state index contributed by atoms with van der Waals surface area (Å²) < 4.78 is 13.1. The van der Waals surface area contributed by atoms with Gasteiger partial charge in [0, 0.05) is 31.0 Å². The molecule has 2 aliphatic rings. The molecule has 0 aliphatic carbocycles. The van der Waals surface area contributed by atoms with E-state index in [1.165, 1.54) is 0 Å². The summed E-state index contributed by atoms with van der Waals surface area (Å²) in [5.41, 5.74) is 2.09. The highest BCUT2D eigenvalue weighted by Crippen LogP contribution is 2.54. The van der Waals surface area contributed by atoms with Gasteiger partial charge in [0.2, 0.25) is 0 Å². The van der Waals surface area contributed by atoms with E-state index in [0.29, 0.717) is 37.1 Å². The van der Waals surface area contributed by atoms with Crippen molar-refractivity contribution in [1.82, 2.24) is 14.3 Å². The van der Waals surface area contributed by atoms with Gasteiger partial charge in [0.15, 0.2) is 0 Å². The van der Waals surface area contributed by atoms with Gasteiger partial charge in [-0.3, -0.25) is 9.20 Å². The SMILES string of the molecule is CC(C)(C)OC(=O)N1CCC2(CC1)OC2c1cnc2c(-c3ccccc3)cccn2c1=O. The summed E-state index contributed by atoms with van der Waals surface area (Å²) in [4.78, 5) is 32.0. The van der Waals surface area contributed by atoms with Crippen LogP contribution in [0.3, 0.4) is 0 Å². The zero-order valence-electron chi connectivity index (χ0n) is 18.6. The summed E-state index contributed by atoms with van der Waals surface area (Å²) >= 11 is 0. The lowest BCUT2D eigenvalue weighted by atomic mass is 9.90. The standard InChI is InChI=1S/C25H27N3O4/c1-24(2,3)32-23(30)27-14-11-25(12-15-27)20(31-25)19-16-26-21-18(17-8-5-4-6-9-17)10-7-13-28(21)22(19)29/h4-10,13,16,20H,11-12,14-15H2,1-3H3. The van der Waals surface area contributed by atoms with Crippen molar-refractivity contribution in [2.45, 2.75) is 50.9 Å². The molecule has 0 N–H and O–H groups in total. The fourth-order valence-electron chi connectivity index (χ4n) is 4.47. The number of nitrogens with zero attached hydrogens (tertiary/aromatic N) is 3. The van der Waals surface area contributed by atoms with Gasteiger partial charge in [-0.05, 0) is 51.3 Å². The minimum atomic E-state index is -0.519. The first kappa shape index (κ1) is 20.7. The van der Waals surface area contributed by atoms with E-state index in [1.54, 1.807) is 21.7 Å². The van der Waals surface area contributed by atoms with E-state index < -0.39 is 11.2 Å². The Morgan fingerprint density at radius 1 is 1.12 bits per heavy atom. The van der Waals surface area contributed by atoms with Crippen molar-refractivity contribution in [3.8, 4) is 11.1 Å². The maximum atomic E-state index is 13.3. The third-order valence-electron chi connectivity index (χ3n) is 6.16. The molecule has 0 bridgehead atoms. The molecule has 1 amide bonds. The number of amides is 1. The van der Waals surface area contributed by atoms with Gasteiger partial charge in [-0.1, -0.05) is 30.3 Å². The van der Waals surface area contributed by atoms with Crippen LogP contribution in [-0.2, 0) is 9.47 Å². The molecule has 7 nitrogen and oxygen atoms in total. The number of rotatable bonds is 2. The summed E-state index contributed by atoms with van der Waals surface area (Å²) in [7, 11) is 0. The van der Waals surface area contributed by atoms with Gasteiger partial charge in [-0.25, -0.2) is 9.78 Å². The zero-order valence-corrected chi connectivity index (χ0v) is 18.6. The van der Waals surface area contributed by atoms with Crippen molar-refractivity contribution in [2.75, 3.05) is 13.1 Å². The van der Waals surface area contributed by atoms with Crippen LogP contribution in [0.2, 0.25) is 0 Å². The maximum Gasteiger partial charge on any atom is 0.410 e. The number of carbonyl (C=O) groups excluding carboxylic acids is 1. The molecule has 2 saturated heterocycles. The average Bonchev–Trinajstić information content (AvgIpc) is 3.46. The maximum absolute atomic E-state index is 13.3. The molecular weight excluding hydrogens is 406 g/mol. The fraction of sp³-hybridized carbons (Fsp3) is 0.400. The molecule has 3 aromatic rings. The Morgan fingerprint density at radius 3 is 2.53 bits per heavy atom. The van der Waals surface area contributed by atoms with E-state index in [1.807, 2.05) is 63.2 Å². The second kappa shape index (κ2) is 7.45. The molecular formula is C25H27N3O4. The Hall–Kier alpha value is -3.19. The van der Waals surface area contributed by atoms with Crippen molar-refractivity contribution >= 4 is 11.7 Å². The largest absolute Gasteiger partial charge is 0.444 e. The van der Waals surface area contributed by atoms with Crippen molar-refractivity contribution in [3.05, 3.63) is 70.8 Å². The first-order valence-corrected chi connectivity index (χ1v) is 11.0. The molecule has 32 heavy (non-hydrogen) atoms. The van der Waals surface area contributed by atoms with Crippen LogP contribution in [0.1, 0.15) is 45.3 Å². The number of carbonyl (C=O) groups is 1. The summed E-state index contributed by atoms with van der Waals surface area (Å²) in [6.07, 6.45) is 4.16. The van der Waals surface area contributed by atoms with Crippen molar-refractivity contribution in [1.29, 1.82) is 0 Å². The Labute approximate surface area is 186 Å². The van der Waals surface area contributed by atoms with E-state index >= 15 is 0 Å². The van der Waals surface area contributed by atoms with Crippen LogP contribution in [0, 0.1) is 0 Å². The van der Waals surface area contributed by atoms with Crippen LogP contribution in [0.15, 0.2) is 59.7 Å². The highest BCUT2D eigenvalue weighted by molar-refractivity contribution is 5.77. The molecule has 1 unspecified atom stereocenters. The van der Waals surface area contributed by atoms with Crippen LogP contribution in [0.25, 0.3) is 16.8 Å². The van der Waals surface area contributed by atoms with Crippen molar-refractivity contribution < 1.29 is 14.3 Å². The lowest BCUT2D eigenvalue weighted by Crippen LogP contribution is -2.44. The van der Waals surface area contributed by atoms with Crippen LogP contribution in [-0.4, -0.2) is 44.7 Å². The van der Waals surface area contributed by atoms with E-state index in [4.69, 9.17) is 9.47 Å². The van der Waals surface area contributed by atoms with Gasteiger partial charge in [-0.2, -0.15) is 0 Å². The average molecular weight is 434 g/mol. The highest BCUT2D eigenvalue weighted by Gasteiger charge is 2.59. The van der Waals surface area contributed by atoms with E-state index in [-0.39, 0.29) is 17.8 Å². The van der Waals surface area contributed by atoms with Crippen molar-refractivity contribution in [3.63, 3.8) is 0 Å². The second-order valence-corrected chi connectivity index (χ2v) is 9.53. The fourth-order valence-corrected chi connectivity index (χ4v) is 4.47. The lowest BCUT2D eigenvalue weighted by molar-refractivity contribution is 0.0165. The number of pyridine rings is 1. The third kappa shape index (κ3) is 3.66. The summed E-state index contributed by atoms with van der Waals surface area (Å²) in [6.45, 7) is 6.68. The van der Waals surface area contributed by atoms with Gasteiger partial charge in [-0.15, -0.1) is 0 Å². The molecule has 2 fully saturated rings. The molecule has 4 heterocycles.